The highest BCUT2D eigenvalue weighted by molar-refractivity contribution is 5.41. The van der Waals surface area contributed by atoms with E-state index in [9.17, 15) is 10.2 Å². The first-order chi connectivity index (χ1) is 5.79. The van der Waals surface area contributed by atoms with Crippen LogP contribution in [0.1, 0.15) is 30.1 Å². The molecule has 1 aromatic carbocycles. The van der Waals surface area contributed by atoms with Crippen molar-refractivity contribution in [3.8, 4) is 5.75 Å². The number of aliphatic hydroxyl groups is 1. The standard InChI is InChI=1S/C10H12O2/c11-9-5-1-3-7-8(9)4-2-6-10(7)12/h1,3,5,10-12H,2,4,6H2. The fourth-order valence-electron chi connectivity index (χ4n) is 1.80. The van der Waals surface area contributed by atoms with E-state index in [1.54, 1.807) is 12.1 Å². The third-order valence-corrected chi connectivity index (χ3v) is 2.45. The van der Waals surface area contributed by atoms with Crippen molar-refractivity contribution in [2.24, 2.45) is 0 Å². The lowest BCUT2D eigenvalue weighted by Gasteiger charge is -2.21. The molecule has 0 amide bonds. The quantitative estimate of drug-likeness (QED) is 0.613. The van der Waals surface area contributed by atoms with Crippen molar-refractivity contribution >= 4 is 0 Å². The molecule has 0 fully saturated rings. The van der Waals surface area contributed by atoms with E-state index in [1.807, 2.05) is 6.07 Å². The highest BCUT2D eigenvalue weighted by Gasteiger charge is 2.19. The zero-order valence-electron chi connectivity index (χ0n) is 6.83. The molecule has 0 bridgehead atoms. The maximum Gasteiger partial charge on any atom is 0.119 e. The summed E-state index contributed by atoms with van der Waals surface area (Å²) in [5.74, 6) is 0.325. The Hall–Kier alpha value is -1.02. The number of phenols is 1. The van der Waals surface area contributed by atoms with Crippen LogP contribution >= 0.6 is 0 Å². The second-order valence-electron chi connectivity index (χ2n) is 3.25. The Morgan fingerprint density at radius 3 is 2.92 bits per heavy atom. The molecule has 0 saturated heterocycles. The normalized spacial score (nSPS) is 21.9. The van der Waals surface area contributed by atoms with Gasteiger partial charge in [-0.15, -0.1) is 0 Å². The van der Waals surface area contributed by atoms with Gasteiger partial charge >= 0.3 is 0 Å². The van der Waals surface area contributed by atoms with Gasteiger partial charge in [0.2, 0.25) is 0 Å². The van der Waals surface area contributed by atoms with Crippen molar-refractivity contribution < 1.29 is 10.2 Å². The van der Waals surface area contributed by atoms with E-state index >= 15 is 0 Å². The fraction of sp³-hybridized carbons (Fsp3) is 0.400. The molecule has 2 nitrogen and oxygen atoms in total. The minimum atomic E-state index is -0.374. The van der Waals surface area contributed by atoms with E-state index in [0.717, 1.165) is 30.4 Å². The minimum Gasteiger partial charge on any atom is -0.508 e. The summed E-state index contributed by atoms with van der Waals surface area (Å²) in [7, 11) is 0. The molecule has 0 aliphatic heterocycles. The van der Waals surface area contributed by atoms with E-state index in [-0.39, 0.29) is 6.10 Å². The van der Waals surface area contributed by atoms with Gasteiger partial charge in [0.05, 0.1) is 6.10 Å². The van der Waals surface area contributed by atoms with Gasteiger partial charge in [-0.3, -0.25) is 0 Å². The van der Waals surface area contributed by atoms with Crippen LogP contribution in [0.2, 0.25) is 0 Å². The van der Waals surface area contributed by atoms with E-state index < -0.39 is 0 Å². The van der Waals surface area contributed by atoms with Gasteiger partial charge in [0.15, 0.2) is 0 Å². The smallest absolute Gasteiger partial charge is 0.119 e. The largest absolute Gasteiger partial charge is 0.508 e. The lowest BCUT2D eigenvalue weighted by molar-refractivity contribution is 0.155. The predicted molar refractivity (Wildman–Crippen MR) is 46.0 cm³/mol. The van der Waals surface area contributed by atoms with Gasteiger partial charge in [0.1, 0.15) is 5.75 Å². The first kappa shape index (κ1) is 7.62. The van der Waals surface area contributed by atoms with Crippen LogP contribution in [0.15, 0.2) is 18.2 Å². The summed E-state index contributed by atoms with van der Waals surface area (Å²) >= 11 is 0. The summed E-state index contributed by atoms with van der Waals surface area (Å²) < 4.78 is 0. The number of benzene rings is 1. The minimum absolute atomic E-state index is 0.325. The Balaban J connectivity index is 2.52. The third kappa shape index (κ3) is 1.08. The molecule has 0 heterocycles. The number of rotatable bonds is 0. The summed E-state index contributed by atoms with van der Waals surface area (Å²) in [4.78, 5) is 0. The number of aromatic hydroxyl groups is 1. The van der Waals surface area contributed by atoms with Crippen LogP contribution in [0.5, 0.6) is 5.75 Å². The highest BCUT2D eigenvalue weighted by atomic mass is 16.3. The Bertz CT molecular complexity index is 294. The van der Waals surface area contributed by atoms with Gasteiger partial charge in [-0.2, -0.15) is 0 Å². The molecule has 0 radical (unpaired) electrons. The number of phenolic OH excluding ortho intramolecular Hbond substituents is 1. The van der Waals surface area contributed by atoms with E-state index in [0.29, 0.717) is 5.75 Å². The van der Waals surface area contributed by atoms with Gasteiger partial charge in [-0.25, -0.2) is 0 Å². The fourth-order valence-corrected chi connectivity index (χ4v) is 1.80. The van der Waals surface area contributed by atoms with Crippen LogP contribution in [0.4, 0.5) is 0 Å². The first-order valence-electron chi connectivity index (χ1n) is 4.28. The Morgan fingerprint density at radius 1 is 1.33 bits per heavy atom. The maximum atomic E-state index is 9.57. The maximum absolute atomic E-state index is 9.57. The summed E-state index contributed by atoms with van der Waals surface area (Å²) in [5, 5.41) is 19.0. The first-order valence-corrected chi connectivity index (χ1v) is 4.28. The second-order valence-corrected chi connectivity index (χ2v) is 3.25. The van der Waals surface area contributed by atoms with Crippen LogP contribution in [0.3, 0.4) is 0 Å². The van der Waals surface area contributed by atoms with Gasteiger partial charge in [-0.1, -0.05) is 12.1 Å². The van der Waals surface area contributed by atoms with Crippen molar-refractivity contribution in [1.29, 1.82) is 0 Å². The molecule has 12 heavy (non-hydrogen) atoms. The number of hydrogen-bond acceptors (Lipinski definition) is 2. The molecule has 2 N–H and O–H groups in total. The molecule has 2 rings (SSSR count). The number of fused-ring (bicyclic) bond motifs is 1. The average Bonchev–Trinajstić information content (AvgIpc) is 2.07. The number of hydrogen-bond donors (Lipinski definition) is 2. The molecule has 1 aliphatic rings. The third-order valence-electron chi connectivity index (χ3n) is 2.45. The van der Waals surface area contributed by atoms with Crippen LogP contribution in [-0.2, 0) is 6.42 Å². The van der Waals surface area contributed by atoms with E-state index in [4.69, 9.17) is 0 Å². The van der Waals surface area contributed by atoms with Gasteiger partial charge < -0.3 is 10.2 Å². The van der Waals surface area contributed by atoms with Gasteiger partial charge in [0.25, 0.3) is 0 Å². The van der Waals surface area contributed by atoms with Crippen molar-refractivity contribution in [3.63, 3.8) is 0 Å². The van der Waals surface area contributed by atoms with Gasteiger partial charge in [0, 0.05) is 0 Å². The summed E-state index contributed by atoms with van der Waals surface area (Å²) in [6.07, 6.45) is 2.29. The summed E-state index contributed by atoms with van der Waals surface area (Å²) in [6, 6.07) is 5.35. The number of aliphatic hydroxyl groups excluding tert-OH is 1. The SMILES string of the molecule is Oc1cccc2c1CCCC2O. The zero-order chi connectivity index (χ0) is 8.55. The second kappa shape index (κ2) is 2.79. The predicted octanol–water partition coefficient (Wildman–Crippen LogP) is 1.76. The van der Waals surface area contributed by atoms with E-state index in [1.165, 1.54) is 0 Å². The Labute approximate surface area is 71.5 Å². The molecule has 1 aromatic rings. The Kier molecular flexibility index (Phi) is 1.77. The zero-order valence-corrected chi connectivity index (χ0v) is 6.83. The molecule has 64 valence electrons. The molecule has 0 aromatic heterocycles. The lowest BCUT2D eigenvalue weighted by atomic mass is 9.89. The molecule has 0 saturated carbocycles. The Morgan fingerprint density at radius 2 is 2.17 bits per heavy atom. The molecule has 0 spiro atoms. The molecule has 1 unspecified atom stereocenters. The monoisotopic (exact) mass is 164 g/mol. The van der Waals surface area contributed by atoms with Crippen molar-refractivity contribution in [3.05, 3.63) is 29.3 Å². The van der Waals surface area contributed by atoms with Crippen molar-refractivity contribution in [2.75, 3.05) is 0 Å². The molecule has 1 aliphatic carbocycles. The van der Waals surface area contributed by atoms with Crippen LogP contribution in [0.25, 0.3) is 0 Å². The molecule has 1 atom stereocenters. The van der Waals surface area contributed by atoms with E-state index in [2.05, 4.69) is 0 Å². The summed E-state index contributed by atoms with van der Waals surface area (Å²) in [6.45, 7) is 0. The highest BCUT2D eigenvalue weighted by Crippen LogP contribution is 2.34. The summed E-state index contributed by atoms with van der Waals surface area (Å²) in [5.41, 5.74) is 1.83. The van der Waals surface area contributed by atoms with Crippen molar-refractivity contribution in [1.82, 2.24) is 0 Å². The topological polar surface area (TPSA) is 40.5 Å². The van der Waals surface area contributed by atoms with Crippen LogP contribution in [0, 0.1) is 0 Å². The van der Waals surface area contributed by atoms with Crippen LogP contribution in [-0.4, -0.2) is 10.2 Å². The van der Waals surface area contributed by atoms with Crippen molar-refractivity contribution in [2.45, 2.75) is 25.4 Å². The molecular formula is C10H12O2. The average molecular weight is 164 g/mol. The van der Waals surface area contributed by atoms with Crippen LogP contribution < -0.4 is 0 Å². The molecule has 2 heteroatoms. The lowest BCUT2D eigenvalue weighted by Crippen LogP contribution is -2.08. The van der Waals surface area contributed by atoms with Gasteiger partial charge in [-0.05, 0) is 36.5 Å². The molecular weight excluding hydrogens is 152 g/mol.